The molecule has 0 bridgehead atoms. The van der Waals surface area contributed by atoms with Crippen molar-refractivity contribution in [3.63, 3.8) is 0 Å². The van der Waals surface area contributed by atoms with E-state index in [0.717, 1.165) is 18.7 Å². The number of nitrogens with zero attached hydrogens (tertiary/aromatic N) is 2. The molecule has 5 heteroatoms. The average Bonchev–Trinajstić information content (AvgIpc) is 3.07. The number of aryl methyl sites for hydroxylation is 1. The summed E-state index contributed by atoms with van der Waals surface area (Å²) in [6.07, 6.45) is 3.51. The van der Waals surface area contributed by atoms with Gasteiger partial charge in [0.1, 0.15) is 0 Å². The van der Waals surface area contributed by atoms with Gasteiger partial charge in [0.05, 0.1) is 5.92 Å². The van der Waals surface area contributed by atoms with E-state index in [4.69, 9.17) is 0 Å². The first-order valence-corrected chi connectivity index (χ1v) is 7.85. The standard InChI is InChI=1S/C16H18N2O2S/c1-11-4-5-13(21-11)8-18-9-14(15(10-18)16(19)20)12-3-2-6-17-7-12/h2-7,14-15H,8-10H2,1H3,(H,19,20)/t14-,15+/m1/s1. The van der Waals surface area contributed by atoms with Gasteiger partial charge in [0.2, 0.25) is 0 Å². The Balaban J connectivity index is 1.76. The summed E-state index contributed by atoms with van der Waals surface area (Å²) in [6.45, 7) is 4.31. The lowest BCUT2D eigenvalue weighted by Gasteiger charge is -2.15. The third-order valence-corrected chi connectivity index (χ3v) is 4.99. The predicted octanol–water partition coefficient (Wildman–Crippen LogP) is 2.75. The molecule has 4 nitrogen and oxygen atoms in total. The zero-order valence-electron chi connectivity index (χ0n) is 11.9. The quantitative estimate of drug-likeness (QED) is 0.943. The van der Waals surface area contributed by atoms with E-state index in [1.807, 2.05) is 12.1 Å². The van der Waals surface area contributed by atoms with Crippen LogP contribution in [0, 0.1) is 12.8 Å². The van der Waals surface area contributed by atoms with Gasteiger partial charge in [-0.15, -0.1) is 11.3 Å². The van der Waals surface area contributed by atoms with Gasteiger partial charge in [-0.05, 0) is 30.7 Å². The molecule has 0 spiro atoms. The highest BCUT2D eigenvalue weighted by molar-refractivity contribution is 7.11. The average molecular weight is 302 g/mol. The van der Waals surface area contributed by atoms with E-state index in [0.29, 0.717) is 6.54 Å². The Hall–Kier alpha value is -1.72. The van der Waals surface area contributed by atoms with Gasteiger partial charge < -0.3 is 5.11 Å². The molecule has 3 heterocycles. The molecule has 0 amide bonds. The molecule has 3 rings (SSSR count). The van der Waals surface area contributed by atoms with Crippen molar-refractivity contribution in [2.45, 2.75) is 19.4 Å². The molecule has 0 saturated carbocycles. The number of likely N-dealkylation sites (tertiary alicyclic amines) is 1. The molecule has 1 N–H and O–H groups in total. The number of aromatic nitrogens is 1. The molecule has 1 aliphatic heterocycles. The fraction of sp³-hybridized carbons (Fsp3) is 0.375. The zero-order chi connectivity index (χ0) is 14.8. The Kier molecular flexibility index (Phi) is 4.03. The molecular formula is C16H18N2O2S. The van der Waals surface area contributed by atoms with Crippen LogP contribution in [0.5, 0.6) is 0 Å². The van der Waals surface area contributed by atoms with Crippen molar-refractivity contribution in [1.29, 1.82) is 0 Å². The van der Waals surface area contributed by atoms with Gasteiger partial charge >= 0.3 is 5.97 Å². The minimum Gasteiger partial charge on any atom is -0.481 e. The van der Waals surface area contributed by atoms with Gasteiger partial charge in [-0.25, -0.2) is 0 Å². The minimum atomic E-state index is -0.714. The molecule has 1 aliphatic rings. The number of rotatable bonds is 4. The smallest absolute Gasteiger partial charge is 0.308 e. The third kappa shape index (κ3) is 3.14. The van der Waals surface area contributed by atoms with Crippen molar-refractivity contribution < 1.29 is 9.90 Å². The zero-order valence-corrected chi connectivity index (χ0v) is 12.7. The monoisotopic (exact) mass is 302 g/mol. The molecule has 0 radical (unpaired) electrons. The van der Waals surface area contributed by atoms with Crippen LogP contribution >= 0.6 is 11.3 Å². The van der Waals surface area contributed by atoms with Crippen molar-refractivity contribution in [3.05, 3.63) is 52.0 Å². The number of aliphatic carboxylic acids is 1. The summed E-state index contributed by atoms with van der Waals surface area (Å²) in [6, 6.07) is 8.10. The van der Waals surface area contributed by atoms with Gasteiger partial charge in [0, 0.05) is 47.7 Å². The van der Waals surface area contributed by atoms with Gasteiger partial charge in [-0.1, -0.05) is 6.07 Å². The fourth-order valence-corrected chi connectivity index (χ4v) is 3.92. The fourth-order valence-electron chi connectivity index (χ4n) is 2.99. The summed E-state index contributed by atoms with van der Waals surface area (Å²) >= 11 is 1.78. The summed E-state index contributed by atoms with van der Waals surface area (Å²) < 4.78 is 0. The number of hydrogen-bond acceptors (Lipinski definition) is 4. The van der Waals surface area contributed by atoms with Crippen LogP contribution in [0.2, 0.25) is 0 Å². The Labute approximate surface area is 128 Å². The van der Waals surface area contributed by atoms with Crippen molar-refractivity contribution in [3.8, 4) is 0 Å². The van der Waals surface area contributed by atoms with Gasteiger partial charge in [0.25, 0.3) is 0 Å². The lowest BCUT2D eigenvalue weighted by atomic mass is 9.90. The van der Waals surface area contributed by atoms with Crippen LogP contribution in [0.25, 0.3) is 0 Å². The number of thiophene rings is 1. The third-order valence-electron chi connectivity index (χ3n) is 4.00. The minimum absolute atomic E-state index is 0.0252. The number of carboxylic acids is 1. The van der Waals surface area contributed by atoms with E-state index in [1.165, 1.54) is 9.75 Å². The molecule has 2 atom stereocenters. The lowest BCUT2D eigenvalue weighted by Crippen LogP contribution is -2.23. The van der Waals surface area contributed by atoms with E-state index in [-0.39, 0.29) is 11.8 Å². The molecule has 2 aromatic heterocycles. The highest BCUT2D eigenvalue weighted by atomic mass is 32.1. The Morgan fingerprint density at radius 1 is 1.43 bits per heavy atom. The molecule has 0 aromatic carbocycles. The Bertz CT molecular complexity index is 626. The second-order valence-corrected chi connectivity index (χ2v) is 6.92. The Morgan fingerprint density at radius 3 is 2.90 bits per heavy atom. The first-order valence-electron chi connectivity index (χ1n) is 7.04. The van der Waals surface area contributed by atoms with E-state index < -0.39 is 5.97 Å². The highest BCUT2D eigenvalue weighted by Gasteiger charge is 2.38. The number of pyridine rings is 1. The topological polar surface area (TPSA) is 53.4 Å². The summed E-state index contributed by atoms with van der Waals surface area (Å²) in [5.41, 5.74) is 1.02. The van der Waals surface area contributed by atoms with Crippen LogP contribution in [0.4, 0.5) is 0 Å². The van der Waals surface area contributed by atoms with E-state index in [1.54, 1.807) is 23.7 Å². The van der Waals surface area contributed by atoms with Crippen molar-refractivity contribution in [1.82, 2.24) is 9.88 Å². The summed E-state index contributed by atoms with van der Waals surface area (Å²) in [7, 11) is 0. The molecular weight excluding hydrogens is 284 g/mol. The summed E-state index contributed by atoms with van der Waals surface area (Å²) in [5.74, 6) is -1.04. The van der Waals surface area contributed by atoms with Crippen LogP contribution in [-0.4, -0.2) is 34.0 Å². The normalized spacial score (nSPS) is 22.5. The van der Waals surface area contributed by atoms with Crippen LogP contribution in [0.1, 0.15) is 21.2 Å². The molecule has 21 heavy (non-hydrogen) atoms. The van der Waals surface area contributed by atoms with Crippen molar-refractivity contribution in [2.75, 3.05) is 13.1 Å². The molecule has 0 unspecified atom stereocenters. The first-order chi connectivity index (χ1) is 10.1. The highest BCUT2D eigenvalue weighted by Crippen LogP contribution is 2.33. The first kappa shape index (κ1) is 14.2. The van der Waals surface area contributed by atoms with E-state index >= 15 is 0 Å². The maximum absolute atomic E-state index is 11.5. The molecule has 0 aliphatic carbocycles. The number of carbonyl (C=O) groups is 1. The summed E-state index contributed by atoms with van der Waals surface area (Å²) in [5, 5.41) is 9.49. The molecule has 1 fully saturated rings. The van der Waals surface area contributed by atoms with E-state index in [2.05, 4.69) is 28.9 Å². The number of carboxylic acid groups (broad SMARTS) is 1. The van der Waals surface area contributed by atoms with E-state index in [9.17, 15) is 9.90 Å². The second kappa shape index (κ2) is 5.95. The second-order valence-electron chi connectivity index (χ2n) is 5.54. The maximum atomic E-state index is 11.5. The van der Waals surface area contributed by atoms with Gasteiger partial charge in [-0.2, -0.15) is 0 Å². The Morgan fingerprint density at radius 2 is 2.29 bits per heavy atom. The van der Waals surface area contributed by atoms with Crippen molar-refractivity contribution in [2.24, 2.45) is 5.92 Å². The van der Waals surface area contributed by atoms with Crippen LogP contribution in [-0.2, 0) is 11.3 Å². The molecule has 1 saturated heterocycles. The number of hydrogen-bond donors (Lipinski definition) is 1. The lowest BCUT2D eigenvalue weighted by molar-refractivity contribution is -0.141. The van der Waals surface area contributed by atoms with Crippen LogP contribution in [0.15, 0.2) is 36.7 Å². The van der Waals surface area contributed by atoms with Gasteiger partial charge in [-0.3, -0.25) is 14.7 Å². The van der Waals surface area contributed by atoms with Crippen LogP contribution in [0.3, 0.4) is 0 Å². The largest absolute Gasteiger partial charge is 0.481 e. The van der Waals surface area contributed by atoms with Crippen molar-refractivity contribution >= 4 is 17.3 Å². The summed E-state index contributed by atoms with van der Waals surface area (Å²) in [4.78, 5) is 20.5. The molecule has 2 aromatic rings. The van der Waals surface area contributed by atoms with Crippen LogP contribution < -0.4 is 0 Å². The maximum Gasteiger partial charge on any atom is 0.308 e. The van der Waals surface area contributed by atoms with Gasteiger partial charge in [0.15, 0.2) is 0 Å². The molecule has 110 valence electrons. The predicted molar refractivity (Wildman–Crippen MR) is 82.4 cm³/mol. The SMILES string of the molecule is Cc1ccc(CN2C[C@H](C(=O)O)[C@@H](c3cccnc3)C2)s1.